The number of nitrogens with zero attached hydrogens (tertiary/aromatic N) is 2. The fourth-order valence-electron chi connectivity index (χ4n) is 5.60. The van der Waals surface area contributed by atoms with Gasteiger partial charge in [0.2, 0.25) is 0 Å². The molecule has 4 fully saturated rings. The van der Waals surface area contributed by atoms with Crippen molar-refractivity contribution >= 4 is 5.91 Å². The first-order valence-electron chi connectivity index (χ1n) is 10.1. The van der Waals surface area contributed by atoms with Gasteiger partial charge in [-0.2, -0.15) is 0 Å². The fraction of sp³-hybridized carbons (Fsp3) is 0.455. The summed E-state index contributed by atoms with van der Waals surface area (Å²) in [6, 6.07) is 9.27. The van der Waals surface area contributed by atoms with Crippen LogP contribution in [0.2, 0.25) is 0 Å². The third-order valence-electron chi connectivity index (χ3n) is 6.84. The highest BCUT2D eigenvalue weighted by molar-refractivity contribution is 5.94. The van der Waals surface area contributed by atoms with Gasteiger partial charge in [0, 0.05) is 36.5 Å². The number of nitrogens with one attached hydrogen (secondary N) is 1. The quantitative estimate of drug-likeness (QED) is 0.838. The zero-order valence-corrected chi connectivity index (χ0v) is 16.0. The number of aryl methyl sites for hydroxylation is 1. The van der Waals surface area contributed by atoms with Gasteiger partial charge < -0.3 is 15.0 Å². The lowest BCUT2D eigenvalue weighted by Gasteiger charge is -2.51. The van der Waals surface area contributed by atoms with Crippen molar-refractivity contribution < 1.29 is 9.90 Å². The first kappa shape index (κ1) is 17.5. The van der Waals surface area contributed by atoms with E-state index in [0.717, 1.165) is 37.2 Å². The van der Waals surface area contributed by atoms with Crippen LogP contribution in [0.5, 0.6) is 5.75 Å². The number of aromatic nitrogens is 1. The molecule has 0 aliphatic carbocycles. The molecular weight excluding hydrogens is 354 g/mol. The number of carbonyl (C=O) groups excluding carboxylic acids is 1. The highest BCUT2D eigenvalue weighted by atomic mass is 16.3. The first-order valence-corrected chi connectivity index (χ1v) is 10.1. The van der Waals surface area contributed by atoms with Gasteiger partial charge >= 0.3 is 0 Å². The Bertz CT molecular complexity index is 977. The molecule has 146 valence electrons. The van der Waals surface area contributed by atoms with Gasteiger partial charge in [0.15, 0.2) is 5.43 Å². The normalized spacial score (nSPS) is 31.0. The number of H-pyrrole nitrogens is 1. The lowest BCUT2D eigenvalue weighted by Crippen LogP contribution is -2.60. The van der Waals surface area contributed by atoms with Crippen molar-refractivity contribution in [2.45, 2.75) is 37.8 Å². The lowest BCUT2D eigenvalue weighted by atomic mass is 9.75. The number of amides is 1. The number of hydrogen-bond acceptors (Lipinski definition) is 4. The van der Waals surface area contributed by atoms with Crippen LogP contribution in [0.1, 0.15) is 40.4 Å². The molecule has 0 radical (unpaired) electrons. The number of fused-ring (bicyclic) bond motifs is 2. The van der Waals surface area contributed by atoms with Crippen LogP contribution in [0.4, 0.5) is 0 Å². The van der Waals surface area contributed by atoms with Crippen LogP contribution < -0.4 is 5.43 Å². The van der Waals surface area contributed by atoms with Gasteiger partial charge in [-0.15, -0.1) is 0 Å². The van der Waals surface area contributed by atoms with E-state index in [1.54, 1.807) is 12.3 Å². The van der Waals surface area contributed by atoms with E-state index < -0.39 is 0 Å². The molecule has 4 aliphatic heterocycles. The smallest absolute Gasteiger partial charge is 0.259 e. The summed E-state index contributed by atoms with van der Waals surface area (Å²) in [5.41, 5.74) is 1.81. The summed E-state index contributed by atoms with van der Waals surface area (Å²) in [7, 11) is 0. The molecule has 2 N–H and O–H groups in total. The largest absolute Gasteiger partial charge is 0.508 e. The maximum absolute atomic E-state index is 13.4. The molecule has 0 unspecified atom stereocenters. The van der Waals surface area contributed by atoms with E-state index in [-0.39, 0.29) is 40.7 Å². The maximum Gasteiger partial charge on any atom is 0.259 e. The van der Waals surface area contributed by atoms with Gasteiger partial charge in [-0.3, -0.25) is 14.5 Å². The van der Waals surface area contributed by atoms with Gasteiger partial charge in [0.25, 0.3) is 5.91 Å². The number of aromatic amines is 1. The summed E-state index contributed by atoms with van der Waals surface area (Å²) in [5, 5.41) is 9.98. The van der Waals surface area contributed by atoms with Crippen molar-refractivity contribution in [1.29, 1.82) is 0 Å². The van der Waals surface area contributed by atoms with Crippen LogP contribution >= 0.6 is 0 Å². The van der Waals surface area contributed by atoms with Crippen molar-refractivity contribution in [3.05, 3.63) is 63.6 Å². The summed E-state index contributed by atoms with van der Waals surface area (Å²) < 4.78 is 0. The van der Waals surface area contributed by atoms with Crippen molar-refractivity contribution in [2.75, 3.05) is 19.6 Å². The average molecular weight is 379 g/mol. The molecule has 2 bridgehead atoms. The minimum Gasteiger partial charge on any atom is -0.508 e. The molecule has 4 aliphatic rings. The Morgan fingerprint density at radius 3 is 2.68 bits per heavy atom. The molecule has 1 aromatic carbocycles. The number of likely N-dealkylation sites (tertiary alicyclic amines) is 1. The summed E-state index contributed by atoms with van der Waals surface area (Å²) in [6.45, 7) is 4.52. The molecule has 1 amide bonds. The second kappa shape index (κ2) is 6.48. The molecule has 4 saturated heterocycles. The summed E-state index contributed by atoms with van der Waals surface area (Å²) in [6.07, 6.45) is 3.75. The topological polar surface area (TPSA) is 76.6 Å². The number of phenols is 1. The zero-order chi connectivity index (χ0) is 19.4. The molecule has 0 saturated carbocycles. The maximum atomic E-state index is 13.4. The molecular formula is C22H25N3O3. The Hall–Kier alpha value is -2.60. The van der Waals surface area contributed by atoms with Crippen molar-refractivity contribution in [3.63, 3.8) is 0 Å². The molecule has 0 spiro atoms. The average Bonchev–Trinajstić information content (AvgIpc) is 3.11. The predicted octanol–water partition coefficient (Wildman–Crippen LogP) is 2.09. The molecule has 5 heterocycles. The third-order valence-corrected chi connectivity index (χ3v) is 6.84. The summed E-state index contributed by atoms with van der Waals surface area (Å²) in [5.74, 6) is 0.705. The monoisotopic (exact) mass is 379 g/mol. The summed E-state index contributed by atoms with van der Waals surface area (Å²) >= 11 is 0. The third kappa shape index (κ3) is 2.66. The number of rotatable bonds is 2. The van der Waals surface area contributed by atoms with Crippen LogP contribution in [0.3, 0.4) is 0 Å². The van der Waals surface area contributed by atoms with E-state index in [9.17, 15) is 14.7 Å². The second-order valence-corrected chi connectivity index (χ2v) is 8.41. The van der Waals surface area contributed by atoms with Crippen LogP contribution in [-0.4, -0.2) is 57.5 Å². The molecule has 28 heavy (non-hydrogen) atoms. The number of carbonyl (C=O) groups is 1. The lowest BCUT2D eigenvalue weighted by molar-refractivity contribution is -0.00346. The number of piperidine rings is 3. The second-order valence-electron chi connectivity index (χ2n) is 8.41. The molecule has 6 heteroatoms. The van der Waals surface area contributed by atoms with Gasteiger partial charge in [-0.25, -0.2) is 0 Å². The number of benzene rings is 1. The number of hydrogen-bond donors (Lipinski definition) is 2. The highest BCUT2D eigenvalue weighted by Crippen LogP contribution is 2.47. The van der Waals surface area contributed by atoms with Gasteiger partial charge in [-0.05, 0) is 56.5 Å². The van der Waals surface area contributed by atoms with E-state index in [2.05, 4.69) is 9.88 Å². The number of phenolic OH excluding ortho intramolecular Hbond substituents is 1. The Morgan fingerprint density at radius 1 is 1.18 bits per heavy atom. The van der Waals surface area contributed by atoms with Crippen molar-refractivity contribution in [2.24, 2.45) is 5.92 Å². The first-order chi connectivity index (χ1) is 13.5. The van der Waals surface area contributed by atoms with Crippen LogP contribution in [0.15, 0.2) is 41.3 Å². The minimum absolute atomic E-state index is 0.128. The van der Waals surface area contributed by atoms with Crippen LogP contribution in [-0.2, 0) is 0 Å². The molecule has 2 aromatic rings. The number of pyridine rings is 1. The van der Waals surface area contributed by atoms with E-state index in [1.807, 2.05) is 30.0 Å². The van der Waals surface area contributed by atoms with E-state index >= 15 is 0 Å². The predicted molar refractivity (Wildman–Crippen MR) is 106 cm³/mol. The minimum atomic E-state index is -0.222. The summed E-state index contributed by atoms with van der Waals surface area (Å²) in [4.78, 5) is 33.3. The van der Waals surface area contributed by atoms with E-state index in [1.165, 1.54) is 6.07 Å². The zero-order valence-electron chi connectivity index (χ0n) is 16.0. The van der Waals surface area contributed by atoms with Gasteiger partial charge in [0.05, 0.1) is 6.04 Å². The van der Waals surface area contributed by atoms with Crippen molar-refractivity contribution in [3.8, 4) is 5.75 Å². The fourth-order valence-corrected chi connectivity index (χ4v) is 5.60. The molecule has 1 aromatic heterocycles. The SMILES string of the molecule is Cc1cc(=O)c(C(=O)N2C[C@@H](c3cccc(O)c3)[C@@H]3[C@H]2C2CCN3CC2)c[nH]1. The van der Waals surface area contributed by atoms with Gasteiger partial charge in [0.1, 0.15) is 11.3 Å². The Balaban J connectivity index is 1.55. The Kier molecular flexibility index (Phi) is 4.05. The molecule has 6 rings (SSSR count). The van der Waals surface area contributed by atoms with Gasteiger partial charge in [-0.1, -0.05) is 12.1 Å². The molecule has 3 atom stereocenters. The Labute approximate surface area is 163 Å². The Morgan fingerprint density at radius 2 is 1.96 bits per heavy atom. The standard InChI is InChI=1S/C22H25N3O3/c1-13-9-19(27)17(11-23-13)22(28)25-12-18(15-3-2-4-16(26)10-15)21-20(25)14-5-7-24(21)8-6-14/h2-4,9-11,14,18,20-21,26H,5-8,12H2,1H3,(H,23,27)/t18-,20+,21+/m0/s1. The van der Waals surface area contributed by atoms with E-state index in [0.29, 0.717) is 12.5 Å². The molecule has 6 nitrogen and oxygen atoms in total. The van der Waals surface area contributed by atoms with Crippen molar-refractivity contribution in [1.82, 2.24) is 14.8 Å². The number of aromatic hydroxyl groups is 1. The van der Waals surface area contributed by atoms with E-state index in [4.69, 9.17) is 0 Å². The highest BCUT2D eigenvalue weighted by Gasteiger charge is 2.54. The van der Waals surface area contributed by atoms with Crippen LogP contribution in [0, 0.1) is 12.8 Å². The van der Waals surface area contributed by atoms with Crippen LogP contribution in [0.25, 0.3) is 0 Å².